The molecule has 0 aliphatic heterocycles. The predicted octanol–water partition coefficient (Wildman–Crippen LogP) is 4.22. The van der Waals surface area contributed by atoms with Crippen molar-refractivity contribution < 1.29 is 8.42 Å². The van der Waals surface area contributed by atoms with Crippen LogP contribution in [0.15, 0.2) is 71.2 Å². The number of nitrogens with zero attached hydrogens (tertiary/aromatic N) is 2. The predicted molar refractivity (Wildman–Crippen MR) is 102 cm³/mol. The zero-order chi connectivity index (χ0) is 17.4. The third kappa shape index (κ3) is 3.23. The van der Waals surface area contributed by atoms with Crippen molar-refractivity contribution in [1.82, 2.24) is 9.55 Å². The fraction of sp³-hybridized carbons (Fsp3) is 0.105. The van der Waals surface area contributed by atoms with Crippen LogP contribution in [0.2, 0.25) is 0 Å². The molecule has 0 aliphatic rings. The molecule has 0 saturated heterocycles. The van der Waals surface area contributed by atoms with E-state index in [1.807, 2.05) is 30.6 Å². The molecule has 4 aromatic rings. The van der Waals surface area contributed by atoms with E-state index in [1.165, 1.54) is 11.1 Å². The number of aromatic nitrogens is 2. The average Bonchev–Trinajstić information content (AvgIpc) is 3.24. The Morgan fingerprint density at radius 2 is 1.88 bits per heavy atom. The average molecular weight is 368 g/mol. The second kappa shape index (κ2) is 6.13. The first-order valence-corrected chi connectivity index (χ1v) is 10.6. The maximum absolute atomic E-state index is 11.6. The van der Waals surface area contributed by atoms with Crippen LogP contribution in [0.4, 0.5) is 0 Å². The van der Waals surface area contributed by atoms with Gasteiger partial charge in [0.2, 0.25) is 0 Å². The maximum atomic E-state index is 11.6. The third-order valence-corrected chi connectivity index (χ3v) is 6.13. The molecular formula is C19H16N2O2S2. The number of hydrogen-bond acceptors (Lipinski definition) is 4. The fourth-order valence-corrected chi connectivity index (χ4v) is 4.16. The van der Waals surface area contributed by atoms with E-state index in [0.29, 0.717) is 4.90 Å². The molecule has 0 unspecified atom stereocenters. The van der Waals surface area contributed by atoms with Gasteiger partial charge in [-0.15, -0.1) is 11.3 Å². The minimum absolute atomic E-state index is 0.325. The van der Waals surface area contributed by atoms with Gasteiger partial charge in [0.15, 0.2) is 9.84 Å². The van der Waals surface area contributed by atoms with Crippen LogP contribution in [0.3, 0.4) is 0 Å². The van der Waals surface area contributed by atoms with Crippen molar-refractivity contribution in [1.29, 1.82) is 0 Å². The molecule has 0 spiro atoms. The Labute approximate surface area is 150 Å². The first-order chi connectivity index (χ1) is 12.0. The highest BCUT2D eigenvalue weighted by atomic mass is 32.2. The molecule has 0 amide bonds. The van der Waals surface area contributed by atoms with Gasteiger partial charge < -0.3 is 4.57 Å². The minimum Gasteiger partial charge on any atom is -0.341 e. The van der Waals surface area contributed by atoms with Crippen molar-refractivity contribution >= 4 is 32.2 Å². The van der Waals surface area contributed by atoms with E-state index in [4.69, 9.17) is 0 Å². The van der Waals surface area contributed by atoms with Gasteiger partial charge in [0.05, 0.1) is 22.5 Å². The van der Waals surface area contributed by atoms with Gasteiger partial charge in [-0.05, 0) is 41.3 Å². The van der Waals surface area contributed by atoms with Gasteiger partial charge in [-0.2, -0.15) is 0 Å². The molecule has 25 heavy (non-hydrogen) atoms. The topological polar surface area (TPSA) is 52.0 Å². The van der Waals surface area contributed by atoms with Crippen molar-refractivity contribution in [2.75, 3.05) is 6.26 Å². The summed E-state index contributed by atoms with van der Waals surface area (Å²) in [5.41, 5.74) is 3.94. The van der Waals surface area contributed by atoms with Crippen LogP contribution in [0, 0.1) is 0 Å². The molecular weight excluding hydrogens is 352 g/mol. The first-order valence-electron chi connectivity index (χ1n) is 7.78. The normalized spacial score (nSPS) is 11.9. The van der Waals surface area contributed by atoms with Gasteiger partial charge in [-0.1, -0.05) is 18.2 Å². The Bertz CT molecular complexity index is 1130. The molecule has 0 bridgehead atoms. The lowest BCUT2D eigenvalue weighted by atomic mass is 10.1. The minimum atomic E-state index is -3.18. The standard InChI is InChI=1S/C19H16N2O2S2/c1-25(22,23)17-6-4-14(5-7-17)15-11-19-18(20-12-15)8-9-21(19)13-16-3-2-10-24-16/h2-12H,13H2,1H3. The third-order valence-electron chi connectivity index (χ3n) is 4.14. The lowest BCUT2D eigenvalue weighted by Gasteiger charge is -2.06. The van der Waals surface area contributed by atoms with Crippen molar-refractivity contribution in [2.45, 2.75) is 11.4 Å². The van der Waals surface area contributed by atoms with Gasteiger partial charge >= 0.3 is 0 Å². The van der Waals surface area contributed by atoms with Crippen LogP contribution in [-0.2, 0) is 16.4 Å². The van der Waals surface area contributed by atoms with Gasteiger partial charge in [-0.25, -0.2) is 8.42 Å². The number of rotatable bonds is 4. The summed E-state index contributed by atoms with van der Waals surface area (Å²) in [6, 6.07) is 15.2. The zero-order valence-corrected chi connectivity index (χ0v) is 15.2. The zero-order valence-electron chi connectivity index (χ0n) is 13.6. The lowest BCUT2D eigenvalue weighted by Crippen LogP contribution is -1.97. The molecule has 0 radical (unpaired) electrons. The van der Waals surface area contributed by atoms with E-state index < -0.39 is 9.84 Å². The Kier molecular flexibility index (Phi) is 3.94. The first kappa shape index (κ1) is 16.1. The van der Waals surface area contributed by atoms with E-state index in [0.717, 1.165) is 28.7 Å². The number of thiophene rings is 1. The van der Waals surface area contributed by atoms with E-state index in [1.54, 1.807) is 23.5 Å². The SMILES string of the molecule is CS(=O)(=O)c1ccc(-c2cnc3ccn(Cc4cccs4)c3c2)cc1. The highest BCUT2D eigenvalue weighted by molar-refractivity contribution is 7.90. The molecule has 4 nitrogen and oxygen atoms in total. The van der Waals surface area contributed by atoms with Crippen LogP contribution in [0.5, 0.6) is 0 Å². The van der Waals surface area contributed by atoms with Crippen molar-refractivity contribution in [2.24, 2.45) is 0 Å². The van der Waals surface area contributed by atoms with Gasteiger partial charge in [-0.3, -0.25) is 4.98 Å². The number of benzene rings is 1. The van der Waals surface area contributed by atoms with E-state index in [9.17, 15) is 8.42 Å². The summed E-state index contributed by atoms with van der Waals surface area (Å²) >= 11 is 1.74. The van der Waals surface area contributed by atoms with E-state index >= 15 is 0 Å². The molecule has 3 heterocycles. The van der Waals surface area contributed by atoms with Crippen LogP contribution >= 0.6 is 11.3 Å². The maximum Gasteiger partial charge on any atom is 0.175 e. The smallest absolute Gasteiger partial charge is 0.175 e. The Morgan fingerprint density at radius 1 is 1.08 bits per heavy atom. The molecule has 0 aliphatic carbocycles. The van der Waals surface area contributed by atoms with Crippen molar-refractivity contribution in [3.8, 4) is 11.1 Å². The molecule has 0 atom stereocenters. The Hall–Kier alpha value is -2.44. The molecule has 126 valence electrons. The number of sulfone groups is 1. The molecule has 3 aromatic heterocycles. The van der Waals surface area contributed by atoms with Crippen molar-refractivity contribution in [3.63, 3.8) is 0 Å². The lowest BCUT2D eigenvalue weighted by molar-refractivity contribution is 0.602. The molecule has 0 saturated carbocycles. The largest absolute Gasteiger partial charge is 0.341 e. The number of fused-ring (bicyclic) bond motifs is 1. The van der Waals surface area contributed by atoms with Crippen molar-refractivity contribution in [3.05, 3.63) is 71.2 Å². The summed E-state index contributed by atoms with van der Waals surface area (Å²) in [7, 11) is -3.18. The molecule has 0 N–H and O–H groups in total. The summed E-state index contributed by atoms with van der Waals surface area (Å²) in [4.78, 5) is 6.16. The van der Waals surface area contributed by atoms with E-state index in [-0.39, 0.29) is 0 Å². The number of hydrogen-bond donors (Lipinski definition) is 0. The van der Waals surface area contributed by atoms with Gasteiger partial charge in [0, 0.05) is 29.1 Å². The second-order valence-electron chi connectivity index (χ2n) is 5.95. The molecule has 1 aromatic carbocycles. The van der Waals surface area contributed by atoms with Crippen LogP contribution < -0.4 is 0 Å². The van der Waals surface area contributed by atoms with E-state index in [2.05, 4.69) is 33.1 Å². The summed E-state index contributed by atoms with van der Waals surface area (Å²) in [6.45, 7) is 0.819. The van der Waals surface area contributed by atoms with Crippen LogP contribution in [0.25, 0.3) is 22.2 Å². The molecule has 6 heteroatoms. The number of pyridine rings is 1. The summed E-state index contributed by atoms with van der Waals surface area (Å²) in [5.74, 6) is 0. The molecule has 4 rings (SSSR count). The summed E-state index contributed by atoms with van der Waals surface area (Å²) < 4.78 is 25.4. The summed E-state index contributed by atoms with van der Waals surface area (Å²) in [6.07, 6.45) is 5.09. The second-order valence-corrected chi connectivity index (χ2v) is 9.00. The van der Waals surface area contributed by atoms with Gasteiger partial charge in [0.25, 0.3) is 0 Å². The van der Waals surface area contributed by atoms with Gasteiger partial charge in [0.1, 0.15) is 0 Å². The monoisotopic (exact) mass is 368 g/mol. The highest BCUT2D eigenvalue weighted by Gasteiger charge is 2.09. The molecule has 0 fully saturated rings. The fourth-order valence-electron chi connectivity index (χ4n) is 2.82. The Balaban J connectivity index is 1.73. The van der Waals surface area contributed by atoms with Crippen LogP contribution in [-0.4, -0.2) is 24.2 Å². The quantitative estimate of drug-likeness (QED) is 0.542. The highest BCUT2D eigenvalue weighted by Crippen LogP contribution is 2.25. The Morgan fingerprint density at radius 3 is 2.56 bits per heavy atom. The summed E-state index contributed by atoms with van der Waals surface area (Å²) in [5, 5.41) is 2.08. The van der Waals surface area contributed by atoms with Crippen LogP contribution in [0.1, 0.15) is 4.88 Å².